The molecule has 0 radical (unpaired) electrons. The van der Waals surface area contributed by atoms with E-state index in [-0.39, 0.29) is 30.5 Å². The second kappa shape index (κ2) is 11.4. The normalized spacial score (nSPS) is 16.5. The van der Waals surface area contributed by atoms with Gasteiger partial charge in [0.25, 0.3) is 5.91 Å². The Labute approximate surface area is 252 Å². The first kappa shape index (κ1) is 29.3. The fraction of sp³-hybridized carbons (Fsp3) is 0.194. The van der Waals surface area contributed by atoms with Crippen molar-refractivity contribution in [1.29, 1.82) is 0 Å². The summed E-state index contributed by atoms with van der Waals surface area (Å²) in [7, 11) is 0. The SMILES string of the molecule is C=C(O)C1(c2cccc(-c3ccc(CN(Cc4ccc(C(F)(F)F)o4)C(=O)c4c(C)ccc5ccccc45)cc3)c2)CCO1. The van der Waals surface area contributed by atoms with E-state index in [1.165, 1.54) is 11.0 Å². The molecule has 0 bridgehead atoms. The first-order valence-electron chi connectivity index (χ1n) is 14.2. The van der Waals surface area contributed by atoms with Crippen molar-refractivity contribution in [3.8, 4) is 11.1 Å². The smallest absolute Gasteiger partial charge is 0.449 e. The Morgan fingerprint density at radius 3 is 2.34 bits per heavy atom. The largest absolute Gasteiger partial charge is 0.509 e. The first-order valence-corrected chi connectivity index (χ1v) is 14.2. The number of rotatable bonds is 8. The zero-order chi connectivity index (χ0) is 31.1. The van der Waals surface area contributed by atoms with Crippen LogP contribution in [0.3, 0.4) is 0 Å². The van der Waals surface area contributed by atoms with Crippen LogP contribution >= 0.6 is 0 Å². The molecule has 1 amide bonds. The number of halogens is 3. The number of ether oxygens (including phenoxy) is 1. The Kier molecular flexibility index (Phi) is 7.55. The highest BCUT2D eigenvalue weighted by Gasteiger charge is 2.43. The van der Waals surface area contributed by atoms with Gasteiger partial charge < -0.3 is 19.2 Å². The molecular formula is C36H30F3NO4. The van der Waals surface area contributed by atoms with Crippen molar-refractivity contribution < 1.29 is 32.2 Å². The van der Waals surface area contributed by atoms with Gasteiger partial charge in [0, 0.05) is 13.0 Å². The lowest BCUT2D eigenvalue weighted by atomic mass is 9.83. The van der Waals surface area contributed by atoms with Gasteiger partial charge in [-0.3, -0.25) is 4.79 Å². The molecule has 0 spiro atoms. The summed E-state index contributed by atoms with van der Waals surface area (Å²) in [6.45, 7) is 6.10. The Morgan fingerprint density at radius 2 is 1.68 bits per heavy atom. The lowest BCUT2D eigenvalue weighted by Crippen LogP contribution is -2.42. The zero-order valence-corrected chi connectivity index (χ0v) is 24.0. The van der Waals surface area contributed by atoms with Gasteiger partial charge in [-0.05, 0) is 63.7 Å². The summed E-state index contributed by atoms with van der Waals surface area (Å²) >= 11 is 0. The highest BCUT2D eigenvalue weighted by atomic mass is 19.4. The molecule has 1 fully saturated rings. The van der Waals surface area contributed by atoms with Crippen LogP contribution < -0.4 is 0 Å². The third-order valence-electron chi connectivity index (χ3n) is 8.18. The average Bonchev–Trinajstić information content (AvgIpc) is 3.46. The minimum atomic E-state index is -4.62. The van der Waals surface area contributed by atoms with Crippen LogP contribution in [-0.2, 0) is 29.6 Å². The minimum absolute atomic E-state index is 0.0265. The van der Waals surface area contributed by atoms with Gasteiger partial charge in [0.1, 0.15) is 11.5 Å². The van der Waals surface area contributed by atoms with E-state index in [0.717, 1.165) is 44.7 Å². The summed E-state index contributed by atoms with van der Waals surface area (Å²) in [5.41, 5.74) is 3.81. The molecule has 6 rings (SSSR count). The molecule has 0 aliphatic carbocycles. The monoisotopic (exact) mass is 597 g/mol. The highest BCUT2D eigenvalue weighted by molar-refractivity contribution is 6.08. The van der Waals surface area contributed by atoms with Gasteiger partial charge in [0.2, 0.25) is 5.76 Å². The van der Waals surface area contributed by atoms with E-state index in [1.807, 2.05) is 91.9 Å². The fourth-order valence-corrected chi connectivity index (χ4v) is 5.73. The second-order valence-corrected chi connectivity index (χ2v) is 11.1. The van der Waals surface area contributed by atoms with Crippen LogP contribution in [-0.4, -0.2) is 22.5 Å². The number of carbonyl (C=O) groups excluding carboxylic acids is 1. The fourth-order valence-electron chi connectivity index (χ4n) is 5.73. The third kappa shape index (κ3) is 5.49. The average molecular weight is 598 g/mol. The number of aliphatic hydroxyl groups excluding tert-OH is 1. The van der Waals surface area contributed by atoms with E-state index in [0.29, 0.717) is 18.6 Å². The third-order valence-corrected chi connectivity index (χ3v) is 8.18. The number of carbonyl (C=O) groups is 1. The van der Waals surface area contributed by atoms with E-state index in [1.54, 1.807) is 0 Å². The molecule has 4 aromatic carbocycles. The van der Waals surface area contributed by atoms with Crippen molar-refractivity contribution in [2.24, 2.45) is 0 Å². The lowest BCUT2D eigenvalue weighted by molar-refractivity contribution is -0.153. The zero-order valence-electron chi connectivity index (χ0n) is 24.0. The van der Waals surface area contributed by atoms with Crippen molar-refractivity contribution in [3.63, 3.8) is 0 Å². The first-order chi connectivity index (χ1) is 21.0. The quantitative estimate of drug-likeness (QED) is 0.181. The van der Waals surface area contributed by atoms with E-state index >= 15 is 0 Å². The summed E-state index contributed by atoms with van der Waals surface area (Å²) < 4.78 is 50.6. The molecule has 8 heteroatoms. The number of aryl methyl sites for hydroxylation is 1. The number of furan rings is 1. The van der Waals surface area contributed by atoms with Gasteiger partial charge in [-0.15, -0.1) is 0 Å². The van der Waals surface area contributed by atoms with Crippen LogP contribution in [0.2, 0.25) is 0 Å². The molecule has 44 heavy (non-hydrogen) atoms. The predicted molar refractivity (Wildman–Crippen MR) is 162 cm³/mol. The number of benzene rings is 4. The van der Waals surface area contributed by atoms with Gasteiger partial charge >= 0.3 is 6.18 Å². The molecule has 5 nitrogen and oxygen atoms in total. The van der Waals surface area contributed by atoms with Crippen LogP contribution in [0.25, 0.3) is 21.9 Å². The van der Waals surface area contributed by atoms with Crippen molar-refractivity contribution >= 4 is 16.7 Å². The molecule has 2 heterocycles. The summed E-state index contributed by atoms with van der Waals surface area (Å²) in [6, 6.07) is 28.8. The minimum Gasteiger partial charge on any atom is -0.509 e. The van der Waals surface area contributed by atoms with Gasteiger partial charge in [-0.2, -0.15) is 13.2 Å². The standard InChI is InChI=1S/C36H30F3NO4/c1-23-10-13-27-6-3-4-9-31(27)33(23)34(42)40(22-30-16-17-32(44-30)36(37,38)39)21-25-11-14-26(15-12-25)28-7-5-8-29(20-28)35(24(2)41)18-19-43-35/h3-17,20,41H,2,18-19,21-22H2,1H3. The molecule has 1 aliphatic rings. The van der Waals surface area contributed by atoms with Crippen LogP contribution in [0.1, 0.15) is 45.0 Å². The molecule has 1 aromatic heterocycles. The van der Waals surface area contributed by atoms with E-state index in [2.05, 4.69) is 6.58 Å². The van der Waals surface area contributed by atoms with Gasteiger partial charge in [0.05, 0.1) is 18.7 Å². The van der Waals surface area contributed by atoms with E-state index in [9.17, 15) is 23.1 Å². The molecule has 0 saturated carbocycles. The van der Waals surface area contributed by atoms with Crippen LogP contribution in [0.5, 0.6) is 0 Å². The number of nitrogens with zero attached hydrogens (tertiary/aromatic N) is 1. The molecule has 1 atom stereocenters. The van der Waals surface area contributed by atoms with Crippen molar-refractivity contribution in [1.82, 2.24) is 4.90 Å². The number of aliphatic hydroxyl groups is 1. The molecule has 1 saturated heterocycles. The molecule has 1 unspecified atom stereocenters. The Hall–Kier alpha value is -4.82. The maximum Gasteiger partial charge on any atom is 0.449 e. The van der Waals surface area contributed by atoms with Crippen molar-refractivity contribution in [3.05, 3.63) is 143 Å². The summed E-state index contributed by atoms with van der Waals surface area (Å²) in [4.78, 5) is 15.6. The van der Waals surface area contributed by atoms with E-state index in [4.69, 9.17) is 9.15 Å². The Bertz CT molecular complexity index is 1850. The number of fused-ring (bicyclic) bond motifs is 1. The predicted octanol–water partition coefficient (Wildman–Crippen LogP) is 8.96. The summed E-state index contributed by atoms with van der Waals surface area (Å²) in [6.07, 6.45) is -3.98. The molecule has 1 N–H and O–H groups in total. The number of amides is 1. The molecule has 5 aromatic rings. The topological polar surface area (TPSA) is 62.9 Å². The summed E-state index contributed by atoms with van der Waals surface area (Å²) in [5.74, 6) is -1.40. The highest BCUT2D eigenvalue weighted by Crippen LogP contribution is 2.43. The van der Waals surface area contributed by atoms with E-state index < -0.39 is 17.5 Å². The van der Waals surface area contributed by atoms with Crippen LogP contribution in [0.4, 0.5) is 13.2 Å². The molecule has 1 aliphatic heterocycles. The maximum absolute atomic E-state index is 14.1. The van der Waals surface area contributed by atoms with Crippen molar-refractivity contribution in [2.45, 2.75) is 38.2 Å². The maximum atomic E-state index is 14.1. The van der Waals surface area contributed by atoms with Gasteiger partial charge in [-0.25, -0.2) is 0 Å². The van der Waals surface area contributed by atoms with Crippen molar-refractivity contribution in [2.75, 3.05) is 6.61 Å². The van der Waals surface area contributed by atoms with Crippen LogP contribution in [0.15, 0.2) is 114 Å². The molecular weight excluding hydrogens is 567 g/mol. The second-order valence-electron chi connectivity index (χ2n) is 11.1. The number of alkyl halides is 3. The van der Waals surface area contributed by atoms with Crippen LogP contribution in [0, 0.1) is 6.92 Å². The molecule has 224 valence electrons. The number of hydrogen-bond acceptors (Lipinski definition) is 4. The number of hydrogen-bond donors (Lipinski definition) is 1. The Balaban J connectivity index is 1.31. The van der Waals surface area contributed by atoms with Gasteiger partial charge in [-0.1, -0.05) is 85.4 Å². The lowest BCUT2D eigenvalue weighted by Gasteiger charge is -2.41. The Morgan fingerprint density at radius 1 is 0.932 bits per heavy atom. The summed E-state index contributed by atoms with van der Waals surface area (Å²) in [5, 5.41) is 11.9. The van der Waals surface area contributed by atoms with Gasteiger partial charge in [0.15, 0.2) is 5.60 Å².